The van der Waals surface area contributed by atoms with Crippen LogP contribution in [0.4, 0.5) is 4.39 Å². The zero-order valence-corrected chi connectivity index (χ0v) is 12.0. The molecule has 0 aromatic heterocycles. The van der Waals surface area contributed by atoms with Gasteiger partial charge in [-0.15, -0.1) is 0 Å². The van der Waals surface area contributed by atoms with Crippen LogP contribution in [-0.4, -0.2) is 0 Å². The molecule has 1 aliphatic carbocycles. The Morgan fingerprint density at radius 2 is 1.65 bits per heavy atom. The Kier molecular flexibility index (Phi) is 3.77. The smallest absolute Gasteiger partial charge is 0.123 e. The van der Waals surface area contributed by atoms with Crippen LogP contribution >= 0.6 is 11.6 Å². The number of rotatable bonds is 4. The minimum absolute atomic E-state index is 0.0545. The number of benzene rings is 2. The van der Waals surface area contributed by atoms with Crippen LogP contribution in [0.1, 0.15) is 30.4 Å². The molecular weight excluding hydrogens is 273 g/mol. The molecule has 3 heteroatoms. The van der Waals surface area contributed by atoms with E-state index in [1.54, 1.807) is 0 Å². The second-order valence-electron chi connectivity index (χ2n) is 5.42. The van der Waals surface area contributed by atoms with E-state index in [-0.39, 0.29) is 11.4 Å². The van der Waals surface area contributed by atoms with E-state index >= 15 is 0 Å². The number of nitrogens with one attached hydrogen (secondary N) is 1. The first-order valence-electron chi connectivity index (χ1n) is 6.93. The van der Waals surface area contributed by atoms with E-state index in [9.17, 15) is 4.39 Å². The van der Waals surface area contributed by atoms with Crippen molar-refractivity contribution < 1.29 is 4.39 Å². The van der Waals surface area contributed by atoms with Crippen molar-refractivity contribution in [2.24, 2.45) is 0 Å². The lowest BCUT2D eigenvalue weighted by molar-refractivity contribution is 0.183. The summed E-state index contributed by atoms with van der Waals surface area (Å²) in [5.41, 5.74) is 2.45. The maximum absolute atomic E-state index is 12.9. The standard InChI is InChI=1S/C17H17ClFN/c18-15-6-4-14(5-7-15)17(10-1-11-17)20-12-13-2-8-16(19)9-3-13/h2-9,20H,1,10-12H2. The molecule has 0 radical (unpaired) electrons. The minimum Gasteiger partial charge on any atom is -0.303 e. The summed E-state index contributed by atoms with van der Waals surface area (Å²) in [5, 5.41) is 4.40. The topological polar surface area (TPSA) is 12.0 Å². The molecule has 0 bridgehead atoms. The summed E-state index contributed by atoms with van der Waals surface area (Å²) in [4.78, 5) is 0. The van der Waals surface area contributed by atoms with Gasteiger partial charge in [-0.2, -0.15) is 0 Å². The molecule has 2 aromatic carbocycles. The molecule has 0 spiro atoms. The predicted molar refractivity (Wildman–Crippen MR) is 80.2 cm³/mol. The first-order valence-corrected chi connectivity index (χ1v) is 7.31. The Balaban J connectivity index is 1.73. The van der Waals surface area contributed by atoms with E-state index in [1.165, 1.54) is 24.1 Å². The molecule has 1 saturated carbocycles. The molecule has 0 heterocycles. The van der Waals surface area contributed by atoms with Crippen LogP contribution in [0, 0.1) is 5.82 Å². The van der Waals surface area contributed by atoms with Crippen LogP contribution in [0.5, 0.6) is 0 Å². The maximum Gasteiger partial charge on any atom is 0.123 e. The lowest BCUT2D eigenvalue weighted by atomic mass is 9.71. The van der Waals surface area contributed by atoms with E-state index in [1.807, 2.05) is 24.3 Å². The lowest BCUT2D eigenvalue weighted by Crippen LogP contribution is -2.47. The summed E-state index contributed by atoms with van der Waals surface area (Å²) in [6.07, 6.45) is 3.50. The van der Waals surface area contributed by atoms with E-state index in [4.69, 9.17) is 11.6 Å². The second-order valence-corrected chi connectivity index (χ2v) is 5.86. The van der Waals surface area contributed by atoms with Crippen molar-refractivity contribution in [3.05, 3.63) is 70.5 Å². The van der Waals surface area contributed by atoms with Gasteiger partial charge in [0.1, 0.15) is 5.82 Å². The van der Waals surface area contributed by atoms with Crippen molar-refractivity contribution in [1.29, 1.82) is 0 Å². The molecule has 0 amide bonds. The SMILES string of the molecule is Fc1ccc(CNC2(c3ccc(Cl)cc3)CCC2)cc1. The fraction of sp³-hybridized carbons (Fsp3) is 0.294. The zero-order valence-electron chi connectivity index (χ0n) is 11.2. The first kappa shape index (κ1) is 13.6. The highest BCUT2D eigenvalue weighted by Gasteiger charge is 2.37. The average molecular weight is 290 g/mol. The van der Waals surface area contributed by atoms with E-state index in [2.05, 4.69) is 17.4 Å². The summed E-state index contributed by atoms with van der Waals surface area (Å²) in [5.74, 6) is -0.190. The van der Waals surface area contributed by atoms with E-state index in [0.29, 0.717) is 0 Å². The fourth-order valence-corrected chi connectivity index (χ4v) is 2.87. The molecule has 104 valence electrons. The molecular formula is C17H17ClFN. The highest BCUT2D eigenvalue weighted by atomic mass is 35.5. The normalized spacial score (nSPS) is 16.7. The molecule has 0 atom stereocenters. The third-order valence-corrected chi connectivity index (χ3v) is 4.40. The number of halogens is 2. The van der Waals surface area contributed by atoms with E-state index in [0.717, 1.165) is 30.0 Å². The number of hydrogen-bond donors (Lipinski definition) is 1. The van der Waals surface area contributed by atoms with Crippen LogP contribution < -0.4 is 5.32 Å². The van der Waals surface area contributed by atoms with Crippen LogP contribution in [-0.2, 0) is 12.1 Å². The Morgan fingerprint density at radius 1 is 1.00 bits per heavy atom. The largest absolute Gasteiger partial charge is 0.303 e. The van der Waals surface area contributed by atoms with Gasteiger partial charge < -0.3 is 5.32 Å². The molecule has 2 aromatic rings. The van der Waals surface area contributed by atoms with Crippen molar-refractivity contribution in [3.8, 4) is 0 Å². The molecule has 1 aliphatic rings. The van der Waals surface area contributed by atoms with Crippen molar-refractivity contribution in [2.45, 2.75) is 31.3 Å². The van der Waals surface area contributed by atoms with Gasteiger partial charge in [0.25, 0.3) is 0 Å². The van der Waals surface area contributed by atoms with Gasteiger partial charge in [0.2, 0.25) is 0 Å². The third-order valence-electron chi connectivity index (χ3n) is 4.15. The van der Waals surface area contributed by atoms with Gasteiger partial charge in [-0.05, 0) is 54.7 Å². The predicted octanol–water partition coefficient (Wildman–Crippen LogP) is 4.65. The maximum atomic E-state index is 12.9. The molecule has 1 nitrogen and oxygen atoms in total. The summed E-state index contributed by atoms with van der Waals surface area (Å²) in [6.45, 7) is 0.753. The molecule has 0 aliphatic heterocycles. The van der Waals surface area contributed by atoms with Gasteiger partial charge >= 0.3 is 0 Å². The molecule has 1 fully saturated rings. The monoisotopic (exact) mass is 289 g/mol. The summed E-state index contributed by atoms with van der Waals surface area (Å²) < 4.78 is 12.9. The van der Waals surface area contributed by atoms with Gasteiger partial charge in [-0.3, -0.25) is 0 Å². The highest BCUT2D eigenvalue weighted by Crippen LogP contribution is 2.41. The summed E-state index contributed by atoms with van der Waals surface area (Å²) >= 11 is 5.95. The van der Waals surface area contributed by atoms with Gasteiger partial charge in [0, 0.05) is 17.1 Å². The Hall–Kier alpha value is -1.38. The molecule has 0 saturated heterocycles. The third kappa shape index (κ3) is 2.72. The second kappa shape index (κ2) is 5.55. The minimum atomic E-state index is -0.190. The zero-order chi connectivity index (χ0) is 14.0. The van der Waals surface area contributed by atoms with Crippen LogP contribution in [0.3, 0.4) is 0 Å². The molecule has 1 N–H and O–H groups in total. The Labute approximate surface area is 123 Å². The van der Waals surface area contributed by atoms with Crippen LogP contribution in [0.25, 0.3) is 0 Å². The summed E-state index contributed by atoms with van der Waals surface area (Å²) in [6, 6.07) is 14.7. The van der Waals surface area contributed by atoms with Crippen molar-refractivity contribution in [1.82, 2.24) is 5.32 Å². The van der Waals surface area contributed by atoms with Crippen molar-refractivity contribution in [2.75, 3.05) is 0 Å². The quantitative estimate of drug-likeness (QED) is 0.864. The Bertz CT molecular complexity index is 573. The van der Waals surface area contributed by atoms with Crippen LogP contribution in [0.2, 0.25) is 5.02 Å². The Morgan fingerprint density at radius 3 is 2.20 bits per heavy atom. The van der Waals surface area contributed by atoms with Gasteiger partial charge in [-0.1, -0.05) is 35.9 Å². The van der Waals surface area contributed by atoms with Crippen molar-refractivity contribution in [3.63, 3.8) is 0 Å². The van der Waals surface area contributed by atoms with Gasteiger partial charge in [0.05, 0.1) is 0 Å². The fourth-order valence-electron chi connectivity index (χ4n) is 2.74. The van der Waals surface area contributed by atoms with Crippen LogP contribution in [0.15, 0.2) is 48.5 Å². The molecule has 20 heavy (non-hydrogen) atoms. The van der Waals surface area contributed by atoms with Gasteiger partial charge in [0.15, 0.2) is 0 Å². The number of hydrogen-bond acceptors (Lipinski definition) is 1. The summed E-state index contributed by atoms with van der Waals surface area (Å²) in [7, 11) is 0. The van der Waals surface area contributed by atoms with E-state index < -0.39 is 0 Å². The lowest BCUT2D eigenvalue weighted by Gasteiger charge is -2.43. The van der Waals surface area contributed by atoms with Gasteiger partial charge in [-0.25, -0.2) is 4.39 Å². The molecule has 3 rings (SSSR count). The molecule has 0 unspecified atom stereocenters. The van der Waals surface area contributed by atoms with Crippen molar-refractivity contribution >= 4 is 11.6 Å². The first-order chi connectivity index (χ1) is 9.68. The average Bonchev–Trinajstić information content (AvgIpc) is 2.41. The highest BCUT2D eigenvalue weighted by molar-refractivity contribution is 6.30.